The quantitative estimate of drug-likeness (QED) is 0.369. The van der Waals surface area contributed by atoms with Crippen LogP contribution in [0.15, 0.2) is 23.2 Å². The van der Waals surface area contributed by atoms with Crippen molar-refractivity contribution in [2.24, 2.45) is 10.9 Å². The van der Waals surface area contributed by atoms with Crippen molar-refractivity contribution in [3.63, 3.8) is 0 Å². The monoisotopic (exact) mass is 401 g/mol. The van der Waals surface area contributed by atoms with Gasteiger partial charge in [-0.2, -0.15) is 8.78 Å². The third-order valence-corrected chi connectivity index (χ3v) is 4.48. The maximum absolute atomic E-state index is 12.6. The Hall–Kier alpha value is -2.13. The van der Waals surface area contributed by atoms with Crippen LogP contribution >= 0.6 is 0 Å². The van der Waals surface area contributed by atoms with Crippen LogP contribution < -0.4 is 14.8 Å². The van der Waals surface area contributed by atoms with E-state index >= 15 is 0 Å². The summed E-state index contributed by atoms with van der Waals surface area (Å²) in [7, 11) is 4.79. The van der Waals surface area contributed by atoms with Crippen LogP contribution in [0.25, 0.3) is 0 Å². The SMILES string of the molecule is CN=C(NCc1ccc(OC)c(OC(F)F)c1)N1CCC(COCCOC)C1. The molecule has 0 aliphatic carbocycles. The fourth-order valence-corrected chi connectivity index (χ4v) is 3.09. The van der Waals surface area contributed by atoms with Gasteiger partial charge >= 0.3 is 6.61 Å². The van der Waals surface area contributed by atoms with E-state index in [0.717, 1.165) is 31.0 Å². The molecule has 1 unspecified atom stereocenters. The molecule has 1 atom stereocenters. The van der Waals surface area contributed by atoms with E-state index in [4.69, 9.17) is 14.2 Å². The Labute approximate surface area is 164 Å². The Morgan fingerprint density at radius 2 is 2.11 bits per heavy atom. The third kappa shape index (κ3) is 6.79. The first-order valence-corrected chi connectivity index (χ1v) is 9.21. The second kappa shape index (κ2) is 11.7. The fourth-order valence-electron chi connectivity index (χ4n) is 3.09. The van der Waals surface area contributed by atoms with Gasteiger partial charge in [-0.15, -0.1) is 0 Å². The van der Waals surface area contributed by atoms with Crippen LogP contribution in [-0.4, -0.2) is 71.6 Å². The number of rotatable bonds is 10. The van der Waals surface area contributed by atoms with Gasteiger partial charge in [0.05, 0.1) is 26.9 Å². The minimum Gasteiger partial charge on any atom is -0.493 e. The Bertz CT molecular complexity index is 631. The summed E-state index contributed by atoms with van der Waals surface area (Å²) in [6.07, 6.45) is 1.03. The number of hydrogen-bond donors (Lipinski definition) is 1. The van der Waals surface area contributed by atoms with Crippen molar-refractivity contribution in [3.05, 3.63) is 23.8 Å². The number of guanidine groups is 1. The molecule has 1 aromatic carbocycles. The zero-order valence-electron chi connectivity index (χ0n) is 16.6. The molecule has 0 bridgehead atoms. The maximum atomic E-state index is 12.6. The Balaban J connectivity index is 1.87. The third-order valence-electron chi connectivity index (χ3n) is 4.48. The number of benzene rings is 1. The van der Waals surface area contributed by atoms with Crippen molar-refractivity contribution in [2.75, 3.05) is 54.2 Å². The van der Waals surface area contributed by atoms with Crippen molar-refractivity contribution in [3.8, 4) is 11.5 Å². The van der Waals surface area contributed by atoms with E-state index in [-0.39, 0.29) is 11.5 Å². The van der Waals surface area contributed by atoms with Gasteiger partial charge in [0.1, 0.15) is 0 Å². The highest BCUT2D eigenvalue weighted by Crippen LogP contribution is 2.29. The molecule has 2 rings (SSSR count). The number of ether oxygens (including phenoxy) is 4. The molecule has 0 amide bonds. The Morgan fingerprint density at radius 1 is 1.29 bits per heavy atom. The van der Waals surface area contributed by atoms with E-state index in [0.29, 0.717) is 32.3 Å². The summed E-state index contributed by atoms with van der Waals surface area (Å²) in [4.78, 5) is 6.50. The number of alkyl halides is 2. The largest absolute Gasteiger partial charge is 0.493 e. The summed E-state index contributed by atoms with van der Waals surface area (Å²) in [5.41, 5.74) is 0.788. The highest BCUT2D eigenvalue weighted by atomic mass is 19.3. The summed E-state index contributed by atoms with van der Waals surface area (Å²) >= 11 is 0. The number of halogens is 2. The molecule has 1 fully saturated rings. The van der Waals surface area contributed by atoms with Gasteiger partial charge in [0.2, 0.25) is 0 Å². The van der Waals surface area contributed by atoms with Crippen LogP contribution in [0.5, 0.6) is 11.5 Å². The van der Waals surface area contributed by atoms with Crippen molar-refractivity contribution in [2.45, 2.75) is 19.6 Å². The number of nitrogens with zero attached hydrogens (tertiary/aromatic N) is 2. The first-order valence-electron chi connectivity index (χ1n) is 9.21. The molecule has 0 aromatic heterocycles. The fraction of sp³-hybridized carbons (Fsp3) is 0.632. The van der Waals surface area contributed by atoms with E-state index < -0.39 is 6.61 Å². The van der Waals surface area contributed by atoms with Gasteiger partial charge in [0, 0.05) is 39.7 Å². The zero-order chi connectivity index (χ0) is 20.4. The van der Waals surface area contributed by atoms with Crippen molar-refractivity contribution in [1.29, 1.82) is 0 Å². The highest BCUT2D eigenvalue weighted by Gasteiger charge is 2.25. The molecule has 1 aliphatic rings. The molecule has 0 saturated carbocycles. The molecule has 0 spiro atoms. The maximum Gasteiger partial charge on any atom is 0.387 e. The average Bonchev–Trinajstić information content (AvgIpc) is 3.14. The van der Waals surface area contributed by atoms with Crippen LogP contribution in [-0.2, 0) is 16.0 Å². The molecule has 28 heavy (non-hydrogen) atoms. The molecule has 1 N–H and O–H groups in total. The Morgan fingerprint density at radius 3 is 2.79 bits per heavy atom. The molecule has 0 radical (unpaired) electrons. The Kier molecular flexibility index (Phi) is 9.22. The van der Waals surface area contributed by atoms with Gasteiger partial charge in [0.25, 0.3) is 0 Å². The van der Waals surface area contributed by atoms with Crippen LogP contribution in [0.4, 0.5) is 8.78 Å². The predicted molar refractivity (Wildman–Crippen MR) is 102 cm³/mol. The summed E-state index contributed by atoms with van der Waals surface area (Å²) in [5.74, 6) is 1.50. The second-order valence-corrected chi connectivity index (χ2v) is 6.43. The van der Waals surface area contributed by atoms with E-state index in [1.807, 2.05) is 0 Å². The molecule has 7 nitrogen and oxygen atoms in total. The lowest BCUT2D eigenvalue weighted by Crippen LogP contribution is -2.39. The number of aliphatic imine (C=N–C) groups is 1. The summed E-state index contributed by atoms with van der Waals surface area (Å²) < 4.78 is 45.3. The molecule has 9 heteroatoms. The van der Waals surface area contributed by atoms with E-state index in [1.165, 1.54) is 7.11 Å². The summed E-state index contributed by atoms with van der Waals surface area (Å²) in [6, 6.07) is 4.95. The van der Waals surface area contributed by atoms with Crippen LogP contribution in [0.2, 0.25) is 0 Å². The predicted octanol–water partition coefficient (Wildman–Crippen LogP) is 2.36. The normalized spacial score (nSPS) is 17.3. The van der Waals surface area contributed by atoms with Crippen LogP contribution in [0.3, 0.4) is 0 Å². The van der Waals surface area contributed by atoms with Crippen LogP contribution in [0.1, 0.15) is 12.0 Å². The summed E-state index contributed by atoms with van der Waals surface area (Å²) in [6.45, 7) is 1.16. The number of methoxy groups -OCH3 is 2. The number of likely N-dealkylation sites (tertiary alicyclic amines) is 1. The molecular formula is C19H29F2N3O4. The lowest BCUT2D eigenvalue weighted by Gasteiger charge is -2.22. The minimum atomic E-state index is -2.91. The molecule has 1 saturated heterocycles. The van der Waals surface area contributed by atoms with Crippen molar-refractivity contribution >= 4 is 5.96 Å². The minimum absolute atomic E-state index is 0.0150. The van der Waals surface area contributed by atoms with E-state index in [1.54, 1.807) is 32.4 Å². The first kappa shape index (κ1) is 22.2. The van der Waals surface area contributed by atoms with Crippen molar-refractivity contribution in [1.82, 2.24) is 10.2 Å². The van der Waals surface area contributed by atoms with Gasteiger partial charge in [-0.3, -0.25) is 4.99 Å². The lowest BCUT2D eigenvalue weighted by atomic mass is 10.1. The van der Waals surface area contributed by atoms with Gasteiger partial charge in [-0.05, 0) is 24.1 Å². The zero-order valence-corrected chi connectivity index (χ0v) is 16.6. The van der Waals surface area contributed by atoms with Gasteiger partial charge < -0.3 is 29.2 Å². The molecule has 1 heterocycles. The average molecular weight is 401 g/mol. The summed E-state index contributed by atoms with van der Waals surface area (Å²) in [5, 5.41) is 3.27. The second-order valence-electron chi connectivity index (χ2n) is 6.43. The number of nitrogens with one attached hydrogen (secondary N) is 1. The highest BCUT2D eigenvalue weighted by molar-refractivity contribution is 5.80. The van der Waals surface area contributed by atoms with Gasteiger partial charge in [-0.1, -0.05) is 6.07 Å². The molecular weight excluding hydrogens is 372 g/mol. The smallest absolute Gasteiger partial charge is 0.387 e. The molecule has 158 valence electrons. The topological polar surface area (TPSA) is 64.6 Å². The first-order chi connectivity index (χ1) is 13.6. The number of hydrogen-bond acceptors (Lipinski definition) is 5. The molecule has 1 aliphatic heterocycles. The van der Waals surface area contributed by atoms with E-state index in [2.05, 4.69) is 19.9 Å². The molecule has 1 aromatic rings. The van der Waals surface area contributed by atoms with Crippen molar-refractivity contribution < 1.29 is 27.7 Å². The lowest BCUT2D eigenvalue weighted by molar-refractivity contribution is -0.0512. The van der Waals surface area contributed by atoms with E-state index in [9.17, 15) is 8.78 Å². The standard InChI is InChI=1S/C19H29F2N3O4/c1-22-19(24-7-6-15(12-24)13-27-9-8-25-2)23-11-14-4-5-16(26-3)17(10-14)28-18(20)21/h4-5,10,15,18H,6-9,11-13H2,1-3H3,(H,22,23). The van der Waals surface area contributed by atoms with Crippen LogP contribution in [0, 0.1) is 5.92 Å². The van der Waals surface area contributed by atoms with Gasteiger partial charge in [0.15, 0.2) is 17.5 Å². The van der Waals surface area contributed by atoms with Gasteiger partial charge in [-0.25, -0.2) is 0 Å².